The number of aromatic amines is 1. The zero-order chi connectivity index (χ0) is 22.7. The number of ether oxygens (including phenoxy) is 1. The number of furan rings is 1. The fraction of sp³-hybridized carbons (Fsp3) is 0.200. The van der Waals surface area contributed by atoms with Crippen LogP contribution in [0.3, 0.4) is 0 Å². The van der Waals surface area contributed by atoms with Gasteiger partial charge in [0.05, 0.1) is 13.2 Å². The maximum absolute atomic E-state index is 6.23. The van der Waals surface area contributed by atoms with Gasteiger partial charge < -0.3 is 19.4 Å². The first-order chi connectivity index (χ1) is 16.8. The molecule has 0 unspecified atom stereocenters. The number of benzene rings is 1. The number of hydrogen-bond acceptors (Lipinski definition) is 8. The van der Waals surface area contributed by atoms with Crippen molar-refractivity contribution in [1.29, 1.82) is 0 Å². The van der Waals surface area contributed by atoms with E-state index in [4.69, 9.17) is 19.1 Å². The molecular weight excluding hydrogens is 430 g/mol. The van der Waals surface area contributed by atoms with Crippen LogP contribution in [-0.4, -0.2) is 51.5 Å². The van der Waals surface area contributed by atoms with Crippen molar-refractivity contribution in [1.82, 2.24) is 25.1 Å². The average molecular weight is 454 g/mol. The molecule has 0 saturated carbocycles. The lowest BCUT2D eigenvalue weighted by Crippen LogP contribution is -2.37. The van der Waals surface area contributed by atoms with E-state index in [0.717, 1.165) is 47.9 Å². The highest BCUT2D eigenvalue weighted by Gasteiger charge is 2.21. The van der Waals surface area contributed by atoms with Crippen LogP contribution in [0, 0.1) is 0 Å². The minimum absolute atomic E-state index is 0.467. The van der Waals surface area contributed by atoms with Gasteiger partial charge in [-0.2, -0.15) is 10.1 Å². The summed E-state index contributed by atoms with van der Waals surface area (Å²) in [5.74, 6) is 2.60. The molecule has 9 heteroatoms. The molecule has 9 nitrogen and oxygen atoms in total. The van der Waals surface area contributed by atoms with Gasteiger partial charge in [0, 0.05) is 55.3 Å². The van der Waals surface area contributed by atoms with Gasteiger partial charge in [-0.1, -0.05) is 30.3 Å². The summed E-state index contributed by atoms with van der Waals surface area (Å²) in [6, 6.07) is 18.0. The smallest absolute Gasteiger partial charge is 0.231 e. The number of hydrogen-bond donors (Lipinski definition) is 2. The van der Waals surface area contributed by atoms with Gasteiger partial charge in [-0.05, 0) is 17.7 Å². The normalized spacial score (nSPS) is 13.9. The number of nitrogens with one attached hydrogen (secondary N) is 2. The van der Waals surface area contributed by atoms with Crippen molar-refractivity contribution in [2.24, 2.45) is 0 Å². The number of anilines is 3. The van der Waals surface area contributed by atoms with E-state index >= 15 is 0 Å². The number of morpholine rings is 1. The Kier molecular flexibility index (Phi) is 5.36. The summed E-state index contributed by atoms with van der Waals surface area (Å²) in [4.78, 5) is 15.8. The summed E-state index contributed by atoms with van der Waals surface area (Å²) in [6.45, 7) is 2.77. The molecule has 0 bridgehead atoms. The van der Waals surface area contributed by atoms with Crippen LogP contribution in [0.4, 0.5) is 17.6 Å². The SMILES string of the molecule is c1ccc(Cc2cc(Nc3nc(N4CCOCC4)c4oc(-c5ccncc5)cc4n3)n[nH]2)cc1. The molecule has 0 amide bonds. The second-order valence-corrected chi connectivity index (χ2v) is 8.10. The Balaban J connectivity index is 1.33. The first-order valence-electron chi connectivity index (χ1n) is 11.2. The minimum Gasteiger partial charge on any atom is -0.450 e. The monoisotopic (exact) mass is 453 g/mol. The van der Waals surface area contributed by atoms with E-state index in [1.165, 1.54) is 5.56 Å². The first-order valence-corrected chi connectivity index (χ1v) is 11.2. The zero-order valence-corrected chi connectivity index (χ0v) is 18.4. The molecule has 1 fully saturated rings. The van der Waals surface area contributed by atoms with Gasteiger partial charge in [0.1, 0.15) is 11.3 Å². The lowest BCUT2D eigenvalue weighted by Gasteiger charge is -2.27. The molecule has 1 saturated heterocycles. The third-order valence-corrected chi connectivity index (χ3v) is 5.74. The molecule has 1 aliphatic heterocycles. The summed E-state index contributed by atoms with van der Waals surface area (Å²) < 4.78 is 11.8. The van der Waals surface area contributed by atoms with E-state index in [1.807, 2.05) is 42.5 Å². The molecular formula is C25H23N7O2. The molecule has 6 rings (SSSR count). The Morgan fingerprint density at radius 2 is 1.79 bits per heavy atom. The molecule has 0 atom stereocenters. The van der Waals surface area contributed by atoms with Crippen molar-refractivity contribution < 1.29 is 9.15 Å². The highest BCUT2D eigenvalue weighted by molar-refractivity contribution is 5.89. The van der Waals surface area contributed by atoms with E-state index in [2.05, 4.69) is 37.5 Å². The van der Waals surface area contributed by atoms with Crippen LogP contribution >= 0.6 is 0 Å². The van der Waals surface area contributed by atoms with Crippen molar-refractivity contribution in [3.05, 3.63) is 78.2 Å². The Labute approximate surface area is 195 Å². The molecule has 1 aliphatic rings. The number of fused-ring (bicyclic) bond motifs is 1. The summed E-state index contributed by atoms with van der Waals surface area (Å²) >= 11 is 0. The average Bonchev–Trinajstić information content (AvgIpc) is 3.52. The highest BCUT2D eigenvalue weighted by Crippen LogP contribution is 2.33. The third kappa shape index (κ3) is 4.20. The fourth-order valence-electron chi connectivity index (χ4n) is 4.07. The standard InChI is InChI=1S/C25H23N7O2/c1-2-4-17(5-3-1)14-19-15-22(31-30-19)28-25-27-20-16-21(18-6-8-26-9-7-18)34-23(20)24(29-25)32-10-12-33-13-11-32/h1-9,15-16H,10-14H2,(H2,27,28,29,30,31). The van der Waals surface area contributed by atoms with E-state index in [9.17, 15) is 0 Å². The van der Waals surface area contributed by atoms with Crippen molar-refractivity contribution in [3.8, 4) is 11.3 Å². The van der Waals surface area contributed by atoms with Gasteiger partial charge in [-0.25, -0.2) is 4.98 Å². The minimum atomic E-state index is 0.467. The van der Waals surface area contributed by atoms with Crippen molar-refractivity contribution >= 4 is 28.7 Å². The van der Waals surface area contributed by atoms with E-state index in [0.29, 0.717) is 30.6 Å². The molecule has 170 valence electrons. The lowest BCUT2D eigenvalue weighted by molar-refractivity contribution is 0.122. The second-order valence-electron chi connectivity index (χ2n) is 8.10. The third-order valence-electron chi connectivity index (χ3n) is 5.74. The Hall–Kier alpha value is -4.24. The topological polar surface area (TPSA) is 105 Å². The summed E-state index contributed by atoms with van der Waals surface area (Å²) in [5, 5.41) is 10.8. The number of pyridine rings is 1. The highest BCUT2D eigenvalue weighted by atomic mass is 16.5. The molecule has 0 aliphatic carbocycles. The van der Waals surface area contributed by atoms with Crippen LogP contribution in [0.15, 0.2) is 71.4 Å². The molecule has 5 aromatic rings. The van der Waals surface area contributed by atoms with E-state index in [1.54, 1.807) is 12.4 Å². The largest absolute Gasteiger partial charge is 0.450 e. The van der Waals surface area contributed by atoms with Crippen molar-refractivity contribution in [2.75, 3.05) is 36.5 Å². The van der Waals surface area contributed by atoms with Crippen LogP contribution in [0.2, 0.25) is 0 Å². The van der Waals surface area contributed by atoms with Crippen LogP contribution in [0.5, 0.6) is 0 Å². The molecule has 2 N–H and O–H groups in total. The van der Waals surface area contributed by atoms with Crippen LogP contribution in [-0.2, 0) is 11.2 Å². The molecule has 34 heavy (non-hydrogen) atoms. The van der Waals surface area contributed by atoms with E-state index < -0.39 is 0 Å². The predicted octanol–water partition coefficient (Wildman–Crippen LogP) is 4.18. The van der Waals surface area contributed by atoms with Crippen molar-refractivity contribution in [3.63, 3.8) is 0 Å². The second kappa shape index (κ2) is 8.95. The number of rotatable bonds is 6. The quantitative estimate of drug-likeness (QED) is 0.395. The lowest BCUT2D eigenvalue weighted by atomic mass is 10.1. The number of aromatic nitrogens is 5. The Morgan fingerprint density at radius 1 is 0.971 bits per heavy atom. The van der Waals surface area contributed by atoms with Crippen LogP contribution in [0.25, 0.3) is 22.4 Å². The van der Waals surface area contributed by atoms with E-state index in [-0.39, 0.29) is 0 Å². The predicted molar refractivity (Wildman–Crippen MR) is 129 cm³/mol. The van der Waals surface area contributed by atoms with Gasteiger partial charge in [0.25, 0.3) is 0 Å². The molecule has 0 spiro atoms. The van der Waals surface area contributed by atoms with Crippen LogP contribution < -0.4 is 10.2 Å². The summed E-state index contributed by atoms with van der Waals surface area (Å²) in [6.07, 6.45) is 4.26. The Bertz CT molecular complexity index is 1390. The zero-order valence-electron chi connectivity index (χ0n) is 18.4. The maximum Gasteiger partial charge on any atom is 0.231 e. The van der Waals surface area contributed by atoms with Gasteiger partial charge in [0.15, 0.2) is 17.2 Å². The summed E-state index contributed by atoms with van der Waals surface area (Å²) in [7, 11) is 0. The first kappa shape index (κ1) is 20.4. The summed E-state index contributed by atoms with van der Waals surface area (Å²) in [5.41, 5.74) is 4.55. The Morgan fingerprint density at radius 3 is 2.62 bits per heavy atom. The molecule has 0 radical (unpaired) electrons. The van der Waals surface area contributed by atoms with Gasteiger partial charge in [-0.15, -0.1) is 0 Å². The van der Waals surface area contributed by atoms with Crippen molar-refractivity contribution in [2.45, 2.75) is 6.42 Å². The van der Waals surface area contributed by atoms with Gasteiger partial charge in [-0.3, -0.25) is 10.1 Å². The van der Waals surface area contributed by atoms with Gasteiger partial charge in [0.2, 0.25) is 5.95 Å². The molecule has 4 aromatic heterocycles. The fourth-order valence-corrected chi connectivity index (χ4v) is 4.07. The molecule has 5 heterocycles. The molecule has 1 aromatic carbocycles. The number of H-pyrrole nitrogens is 1. The van der Waals surface area contributed by atoms with Gasteiger partial charge >= 0.3 is 0 Å². The maximum atomic E-state index is 6.23. The number of nitrogens with zero attached hydrogens (tertiary/aromatic N) is 5. The van der Waals surface area contributed by atoms with Crippen LogP contribution in [0.1, 0.15) is 11.3 Å².